The molecule has 260 valence electrons. The van der Waals surface area contributed by atoms with Crippen molar-refractivity contribution in [1.82, 2.24) is 10.6 Å². The first-order chi connectivity index (χ1) is 22.1. The molecular weight excluding hydrogens is 608 g/mol. The summed E-state index contributed by atoms with van der Waals surface area (Å²) in [4.78, 5) is 62.0. The number of allylic oxidation sites excluding steroid dienone is 1. The highest BCUT2D eigenvalue weighted by Crippen LogP contribution is 2.62. The van der Waals surface area contributed by atoms with Crippen molar-refractivity contribution in [1.29, 1.82) is 0 Å². The number of carboxylic acids is 1. The summed E-state index contributed by atoms with van der Waals surface area (Å²) in [6, 6.07) is -2.18. The standard InChI is InChI=1S/C35H50N2O10/c1-7-29(40)46-18-35(6)27-10-9-19(3)23(34(27,5)13-11-28(35)47-30(41)8-2)17-24(22-12-14-45-33(22)44)37-25-15-21(32(42)43)16-26(39)31(25)36-20(4)38/h12,16,23-28,31,37,39H,3,7-11,13-15,17-18H2,1-2,4-6H3,(H,36,38)(H,42,43)/t23-,24?,25+,26-,27?,28-,31-,34+,35-/m1/s1. The normalized spacial score (nSPS) is 34.3. The Bertz CT molecular complexity index is 1340. The number of aliphatic hydroxyl groups is 1. The van der Waals surface area contributed by atoms with E-state index in [9.17, 15) is 34.2 Å². The summed E-state index contributed by atoms with van der Waals surface area (Å²) in [6.07, 6.45) is 4.78. The second kappa shape index (κ2) is 14.7. The number of nitrogens with one attached hydrogen (secondary N) is 2. The van der Waals surface area contributed by atoms with E-state index in [1.807, 2.05) is 6.92 Å². The van der Waals surface area contributed by atoms with Gasteiger partial charge in [-0.05, 0) is 67.9 Å². The second-order valence-electron chi connectivity index (χ2n) is 13.9. The molecule has 0 spiro atoms. The lowest BCUT2D eigenvalue weighted by Gasteiger charge is -2.60. The van der Waals surface area contributed by atoms with Crippen LogP contribution in [0.25, 0.3) is 0 Å². The highest BCUT2D eigenvalue weighted by Gasteiger charge is 2.60. The maximum atomic E-state index is 13.0. The van der Waals surface area contributed by atoms with Gasteiger partial charge in [0.2, 0.25) is 5.91 Å². The molecule has 2 fully saturated rings. The molecule has 4 N–H and O–H groups in total. The second-order valence-corrected chi connectivity index (χ2v) is 13.9. The Hall–Kier alpha value is -3.51. The highest BCUT2D eigenvalue weighted by molar-refractivity contribution is 5.92. The van der Waals surface area contributed by atoms with Crippen LogP contribution in [0.4, 0.5) is 0 Å². The molecule has 2 unspecified atom stereocenters. The van der Waals surface area contributed by atoms with Crippen LogP contribution in [0.3, 0.4) is 0 Å². The number of carboxylic acid groups (broad SMARTS) is 1. The zero-order valence-electron chi connectivity index (χ0n) is 28.1. The zero-order valence-corrected chi connectivity index (χ0v) is 28.1. The van der Waals surface area contributed by atoms with E-state index in [1.54, 1.807) is 19.9 Å². The quantitative estimate of drug-likeness (QED) is 0.138. The largest absolute Gasteiger partial charge is 0.478 e. The molecule has 47 heavy (non-hydrogen) atoms. The van der Waals surface area contributed by atoms with Crippen molar-refractivity contribution >= 4 is 29.8 Å². The topological polar surface area (TPSA) is 178 Å². The monoisotopic (exact) mass is 658 g/mol. The van der Waals surface area contributed by atoms with Crippen molar-refractivity contribution in [2.45, 2.75) is 116 Å². The zero-order chi connectivity index (χ0) is 34.7. The van der Waals surface area contributed by atoms with E-state index in [4.69, 9.17) is 14.2 Å². The van der Waals surface area contributed by atoms with Crippen LogP contribution in [0, 0.1) is 22.7 Å². The third kappa shape index (κ3) is 7.64. The minimum atomic E-state index is -1.26. The van der Waals surface area contributed by atoms with Gasteiger partial charge in [-0.2, -0.15) is 0 Å². The lowest BCUT2D eigenvalue weighted by atomic mass is 9.46. The van der Waals surface area contributed by atoms with Crippen molar-refractivity contribution in [3.8, 4) is 0 Å². The number of hydrogen-bond acceptors (Lipinski definition) is 10. The minimum Gasteiger partial charge on any atom is -0.478 e. The molecular formula is C35H50N2O10. The van der Waals surface area contributed by atoms with Crippen LogP contribution < -0.4 is 10.6 Å². The molecule has 9 atom stereocenters. The third-order valence-corrected chi connectivity index (χ3v) is 11.0. The Morgan fingerprint density at radius 3 is 2.45 bits per heavy atom. The molecule has 0 radical (unpaired) electrons. The first-order valence-corrected chi connectivity index (χ1v) is 16.7. The Labute approximate surface area is 276 Å². The molecule has 1 amide bonds. The van der Waals surface area contributed by atoms with E-state index in [2.05, 4.69) is 24.1 Å². The predicted molar refractivity (Wildman–Crippen MR) is 171 cm³/mol. The van der Waals surface area contributed by atoms with Crippen molar-refractivity contribution in [2.24, 2.45) is 22.7 Å². The van der Waals surface area contributed by atoms with Crippen LogP contribution in [0.5, 0.6) is 0 Å². The fourth-order valence-electron chi connectivity index (χ4n) is 8.53. The van der Waals surface area contributed by atoms with E-state index in [1.165, 1.54) is 13.0 Å². The van der Waals surface area contributed by atoms with Crippen LogP contribution in [0.2, 0.25) is 0 Å². The Kier molecular flexibility index (Phi) is 11.4. The molecule has 1 heterocycles. The van der Waals surface area contributed by atoms with E-state index in [0.717, 1.165) is 12.0 Å². The Morgan fingerprint density at radius 1 is 1.15 bits per heavy atom. The van der Waals surface area contributed by atoms with Gasteiger partial charge < -0.3 is 35.1 Å². The molecule has 12 nitrogen and oxygen atoms in total. The van der Waals surface area contributed by atoms with Crippen LogP contribution in [-0.4, -0.2) is 83.5 Å². The number of ether oxygens (including phenoxy) is 3. The summed E-state index contributed by atoms with van der Waals surface area (Å²) in [5, 5.41) is 26.9. The third-order valence-electron chi connectivity index (χ3n) is 11.0. The lowest BCUT2D eigenvalue weighted by Crippen LogP contribution is -2.61. The van der Waals surface area contributed by atoms with Gasteiger partial charge in [0.1, 0.15) is 19.3 Å². The van der Waals surface area contributed by atoms with Gasteiger partial charge in [-0.3, -0.25) is 14.4 Å². The number of hydrogen-bond donors (Lipinski definition) is 4. The first-order valence-electron chi connectivity index (χ1n) is 16.7. The smallest absolute Gasteiger partial charge is 0.335 e. The minimum absolute atomic E-state index is 0.00442. The van der Waals surface area contributed by atoms with Gasteiger partial charge in [0.25, 0.3) is 0 Å². The van der Waals surface area contributed by atoms with Gasteiger partial charge in [0, 0.05) is 42.8 Å². The number of cyclic esters (lactones) is 1. The van der Waals surface area contributed by atoms with Gasteiger partial charge in [0.05, 0.1) is 17.7 Å². The molecule has 0 saturated heterocycles. The lowest BCUT2D eigenvalue weighted by molar-refractivity contribution is -0.193. The summed E-state index contributed by atoms with van der Waals surface area (Å²) < 4.78 is 17.0. The molecule has 4 aliphatic rings. The predicted octanol–water partition coefficient (Wildman–Crippen LogP) is 3.13. The number of carbonyl (C=O) groups is 5. The summed E-state index contributed by atoms with van der Waals surface area (Å²) in [6.45, 7) is 13.7. The van der Waals surface area contributed by atoms with Crippen molar-refractivity contribution in [3.63, 3.8) is 0 Å². The fourth-order valence-corrected chi connectivity index (χ4v) is 8.53. The number of fused-ring (bicyclic) bond motifs is 1. The van der Waals surface area contributed by atoms with Crippen molar-refractivity contribution in [3.05, 3.63) is 35.5 Å². The summed E-state index contributed by atoms with van der Waals surface area (Å²) in [5.41, 5.74) is 0.339. The maximum absolute atomic E-state index is 13.0. The number of carbonyl (C=O) groups excluding carboxylic acids is 4. The van der Waals surface area contributed by atoms with Crippen LogP contribution in [0.1, 0.15) is 86.0 Å². The summed E-state index contributed by atoms with van der Waals surface area (Å²) in [5.74, 6) is -2.86. The average Bonchev–Trinajstić information content (AvgIpc) is 3.45. The van der Waals surface area contributed by atoms with Crippen LogP contribution >= 0.6 is 0 Å². The molecule has 3 aliphatic carbocycles. The molecule has 0 bridgehead atoms. The number of aliphatic carboxylic acids is 1. The van der Waals surface area contributed by atoms with Gasteiger partial charge in [0.15, 0.2) is 0 Å². The van der Waals surface area contributed by atoms with Gasteiger partial charge in [-0.1, -0.05) is 39.8 Å². The van der Waals surface area contributed by atoms with Crippen LogP contribution in [0.15, 0.2) is 35.5 Å². The molecule has 1 aliphatic heterocycles. The number of rotatable bonds is 12. The van der Waals surface area contributed by atoms with E-state index in [0.29, 0.717) is 31.3 Å². The first kappa shape index (κ1) is 36.3. The number of esters is 3. The molecule has 0 aromatic carbocycles. The Balaban J connectivity index is 1.70. The van der Waals surface area contributed by atoms with Crippen LogP contribution in [-0.2, 0) is 38.2 Å². The van der Waals surface area contributed by atoms with E-state index < -0.39 is 53.1 Å². The highest BCUT2D eigenvalue weighted by atomic mass is 16.6. The molecule has 2 saturated carbocycles. The van der Waals surface area contributed by atoms with Gasteiger partial charge in [-0.15, -0.1) is 0 Å². The summed E-state index contributed by atoms with van der Waals surface area (Å²) >= 11 is 0. The molecule has 4 rings (SSSR count). The Morgan fingerprint density at radius 2 is 1.85 bits per heavy atom. The molecule has 0 aromatic rings. The van der Waals surface area contributed by atoms with Crippen molar-refractivity contribution < 1.29 is 48.4 Å². The van der Waals surface area contributed by atoms with Gasteiger partial charge >= 0.3 is 23.9 Å². The average molecular weight is 659 g/mol. The summed E-state index contributed by atoms with van der Waals surface area (Å²) in [7, 11) is 0. The maximum Gasteiger partial charge on any atom is 0.335 e. The van der Waals surface area contributed by atoms with E-state index in [-0.39, 0.29) is 67.7 Å². The molecule has 12 heteroatoms. The number of aliphatic hydroxyl groups excluding tert-OH is 1. The fraction of sp³-hybridized carbons (Fsp3) is 0.686. The van der Waals surface area contributed by atoms with Gasteiger partial charge in [-0.25, -0.2) is 9.59 Å². The van der Waals surface area contributed by atoms with E-state index >= 15 is 0 Å². The number of amides is 1. The SMILES string of the molecule is C=C1CCC2[C@@](C)(CC[C@@H](OC(=O)CC)[C@]2(C)COC(=O)CC)[C@@H]1CC(N[C@H]1CC(C(=O)O)=C[C@@H](O)[C@@H]1NC(C)=O)C1=CCOC1=O. The molecule has 0 aromatic heterocycles. The van der Waals surface area contributed by atoms with Crippen molar-refractivity contribution in [2.75, 3.05) is 13.2 Å².